The second kappa shape index (κ2) is 15.6. The molecule has 10 aromatic carbocycles. The van der Waals surface area contributed by atoms with E-state index in [1.54, 1.807) is 0 Å². The number of fused-ring (bicyclic) bond motifs is 7. The van der Waals surface area contributed by atoms with Crippen molar-refractivity contribution in [2.75, 3.05) is 0 Å². The summed E-state index contributed by atoms with van der Waals surface area (Å²) in [5.74, 6) is 1.86. The molecule has 13 aromatic rings. The lowest BCUT2D eigenvalue weighted by atomic mass is 9.94. The minimum Gasteiger partial charge on any atom is -0.309 e. The summed E-state index contributed by atoms with van der Waals surface area (Å²) in [5.41, 5.74) is 13.0. The van der Waals surface area contributed by atoms with Gasteiger partial charge in [-0.2, -0.15) is 0 Å². The first kappa shape index (κ1) is 38.0. The first-order chi connectivity index (χ1) is 32.7. The average Bonchev–Trinajstić information content (AvgIpc) is 3.94. The zero-order valence-electron chi connectivity index (χ0n) is 35.6. The largest absolute Gasteiger partial charge is 0.309 e. The first-order valence-corrected chi connectivity index (χ1v) is 23.1. The Labute approximate surface area is 385 Å². The van der Waals surface area contributed by atoms with Gasteiger partial charge in [-0.3, -0.25) is 0 Å². The molecule has 0 amide bonds. The third kappa shape index (κ3) is 6.48. The summed E-state index contributed by atoms with van der Waals surface area (Å²) in [7, 11) is 0. The fraction of sp³-hybridized carbons (Fsp3) is 0. The molecule has 0 saturated heterocycles. The molecular formula is C61H38N4S. The lowest BCUT2D eigenvalue weighted by molar-refractivity contribution is 1.07. The third-order valence-electron chi connectivity index (χ3n) is 12.9. The van der Waals surface area contributed by atoms with E-state index in [2.05, 4.69) is 217 Å². The number of hydrogen-bond acceptors (Lipinski definition) is 4. The van der Waals surface area contributed by atoms with Gasteiger partial charge in [0.15, 0.2) is 17.5 Å². The molecule has 0 radical (unpaired) electrons. The van der Waals surface area contributed by atoms with E-state index in [0.717, 1.165) is 55.7 Å². The van der Waals surface area contributed by atoms with Crippen molar-refractivity contribution in [2.24, 2.45) is 0 Å². The van der Waals surface area contributed by atoms with Crippen LogP contribution in [0.25, 0.3) is 126 Å². The van der Waals surface area contributed by atoms with Crippen molar-refractivity contribution in [3.8, 4) is 73.2 Å². The van der Waals surface area contributed by atoms with Crippen LogP contribution in [0.2, 0.25) is 0 Å². The zero-order chi connectivity index (χ0) is 43.6. The van der Waals surface area contributed by atoms with E-state index in [0.29, 0.717) is 17.5 Å². The average molecular weight is 859 g/mol. The number of rotatable bonds is 7. The predicted molar refractivity (Wildman–Crippen MR) is 277 cm³/mol. The van der Waals surface area contributed by atoms with E-state index in [4.69, 9.17) is 15.0 Å². The van der Waals surface area contributed by atoms with E-state index < -0.39 is 0 Å². The highest BCUT2D eigenvalue weighted by molar-refractivity contribution is 7.25. The van der Waals surface area contributed by atoms with Gasteiger partial charge in [-0.25, -0.2) is 15.0 Å². The molecule has 0 fully saturated rings. The van der Waals surface area contributed by atoms with Crippen molar-refractivity contribution in [1.29, 1.82) is 0 Å². The summed E-state index contributed by atoms with van der Waals surface area (Å²) >= 11 is 1.83. The normalized spacial score (nSPS) is 11.6. The molecule has 0 bridgehead atoms. The Morgan fingerprint density at radius 3 is 1.55 bits per heavy atom. The summed E-state index contributed by atoms with van der Waals surface area (Å²) in [6.45, 7) is 0. The molecule has 0 aliphatic rings. The highest BCUT2D eigenvalue weighted by Gasteiger charge is 2.21. The molecule has 0 N–H and O–H groups in total. The third-order valence-corrected chi connectivity index (χ3v) is 14.0. The van der Waals surface area contributed by atoms with Gasteiger partial charge in [-0.05, 0) is 92.7 Å². The SMILES string of the molecule is c1ccc(-c2ccc(-c3ccc(-c4nc(-c5ccccc5)nc(-c5ccc(-n6c7ccccc7c7cc8ccccc8cc76)cc5-c5cccc6sc7ccccc7c56)n4)cc3)cc2)cc1. The summed E-state index contributed by atoms with van der Waals surface area (Å²) in [6, 6.07) is 82.3. The second-order valence-electron chi connectivity index (χ2n) is 16.8. The van der Waals surface area contributed by atoms with Gasteiger partial charge < -0.3 is 4.57 Å². The molecular weight excluding hydrogens is 821 g/mol. The monoisotopic (exact) mass is 858 g/mol. The number of hydrogen-bond donors (Lipinski definition) is 0. The molecule has 66 heavy (non-hydrogen) atoms. The summed E-state index contributed by atoms with van der Waals surface area (Å²) in [6.07, 6.45) is 0. The van der Waals surface area contributed by atoms with Gasteiger partial charge in [0.1, 0.15) is 0 Å². The van der Waals surface area contributed by atoms with Crippen LogP contribution < -0.4 is 0 Å². The molecule has 3 heterocycles. The molecule has 0 aliphatic carbocycles. The number of nitrogens with zero attached hydrogens (tertiary/aromatic N) is 4. The topological polar surface area (TPSA) is 43.6 Å². The van der Waals surface area contributed by atoms with E-state index in [9.17, 15) is 0 Å². The van der Waals surface area contributed by atoms with Crippen LogP contribution in [-0.2, 0) is 0 Å². The van der Waals surface area contributed by atoms with Crippen molar-refractivity contribution < 1.29 is 0 Å². The van der Waals surface area contributed by atoms with Gasteiger partial charge in [0.2, 0.25) is 0 Å². The molecule has 3 aromatic heterocycles. The van der Waals surface area contributed by atoms with Gasteiger partial charge >= 0.3 is 0 Å². The summed E-state index contributed by atoms with van der Waals surface area (Å²) in [5, 5.41) is 7.36. The Kier molecular flexibility index (Phi) is 9.00. The predicted octanol–water partition coefficient (Wildman–Crippen LogP) is 16.5. The van der Waals surface area contributed by atoms with Crippen LogP contribution in [0.4, 0.5) is 0 Å². The van der Waals surface area contributed by atoms with E-state index in [1.807, 2.05) is 29.5 Å². The molecule has 0 spiro atoms. The van der Waals surface area contributed by atoms with E-state index >= 15 is 0 Å². The number of aromatic nitrogens is 4. The number of thiophene rings is 1. The lowest BCUT2D eigenvalue weighted by Gasteiger charge is -2.16. The van der Waals surface area contributed by atoms with E-state index in [1.165, 1.54) is 52.8 Å². The number of benzene rings is 10. The van der Waals surface area contributed by atoms with Crippen molar-refractivity contribution in [3.63, 3.8) is 0 Å². The molecule has 4 nitrogen and oxygen atoms in total. The van der Waals surface area contributed by atoms with Gasteiger partial charge in [-0.15, -0.1) is 11.3 Å². The van der Waals surface area contributed by atoms with Crippen LogP contribution in [0.1, 0.15) is 0 Å². The molecule has 0 aliphatic heterocycles. The summed E-state index contributed by atoms with van der Waals surface area (Å²) < 4.78 is 4.92. The van der Waals surface area contributed by atoms with Gasteiger partial charge in [-0.1, -0.05) is 182 Å². The fourth-order valence-electron chi connectivity index (χ4n) is 9.66. The Balaban J connectivity index is 1.01. The molecule has 0 saturated carbocycles. The highest BCUT2D eigenvalue weighted by atomic mass is 32.1. The maximum absolute atomic E-state index is 5.36. The maximum atomic E-state index is 5.36. The molecule has 13 rings (SSSR count). The Hall–Kier alpha value is -8.51. The minimum atomic E-state index is 0.616. The van der Waals surface area contributed by atoms with Crippen molar-refractivity contribution in [3.05, 3.63) is 231 Å². The van der Waals surface area contributed by atoms with E-state index in [-0.39, 0.29) is 0 Å². The van der Waals surface area contributed by atoms with Crippen molar-refractivity contribution in [1.82, 2.24) is 19.5 Å². The Bertz CT molecular complexity index is 3960. The van der Waals surface area contributed by atoms with Crippen LogP contribution in [0.5, 0.6) is 0 Å². The molecule has 0 atom stereocenters. The van der Waals surface area contributed by atoms with Crippen LogP contribution in [0.15, 0.2) is 231 Å². The lowest BCUT2D eigenvalue weighted by Crippen LogP contribution is -2.02. The van der Waals surface area contributed by atoms with Crippen LogP contribution in [0.3, 0.4) is 0 Å². The number of para-hydroxylation sites is 1. The Morgan fingerprint density at radius 1 is 0.303 bits per heavy atom. The molecule has 5 heteroatoms. The van der Waals surface area contributed by atoms with Crippen LogP contribution in [0, 0.1) is 0 Å². The summed E-state index contributed by atoms with van der Waals surface area (Å²) in [4.78, 5) is 15.8. The minimum absolute atomic E-state index is 0.616. The molecule has 308 valence electrons. The smallest absolute Gasteiger partial charge is 0.164 e. The standard InChI is InChI=1S/C61H38N4S/c1-3-14-39(15-4-1)40-26-28-41(29-27-40)42-30-32-44(33-31-42)60-62-59(43-16-5-2-6-17-43)63-61(64-60)50-35-34-47(38-52(50)49-22-13-25-57-58(49)51-21-10-12-24-56(51)66-57)65-54-23-11-9-20-48(54)53-36-45-18-7-8-19-46(45)37-55(53)65/h1-38H. The second-order valence-corrected chi connectivity index (χ2v) is 17.9. The van der Waals surface area contributed by atoms with Crippen molar-refractivity contribution >= 4 is 64.1 Å². The van der Waals surface area contributed by atoms with Gasteiger partial charge in [0.05, 0.1) is 11.0 Å². The van der Waals surface area contributed by atoms with Crippen LogP contribution >= 0.6 is 11.3 Å². The Morgan fingerprint density at radius 2 is 0.833 bits per heavy atom. The van der Waals surface area contributed by atoms with Gasteiger partial charge in [0.25, 0.3) is 0 Å². The zero-order valence-corrected chi connectivity index (χ0v) is 36.5. The molecule has 0 unspecified atom stereocenters. The highest BCUT2D eigenvalue weighted by Crippen LogP contribution is 2.44. The fourth-order valence-corrected chi connectivity index (χ4v) is 10.8. The first-order valence-electron chi connectivity index (χ1n) is 22.3. The maximum Gasteiger partial charge on any atom is 0.164 e. The quantitative estimate of drug-likeness (QED) is 0.160. The van der Waals surface area contributed by atoms with Crippen molar-refractivity contribution in [2.45, 2.75) is 0 Å². The van der Waals surface area contributed by atoms with Gasteiger partial charge in [0, 0.05) is 53.3 Å². The van der Waals surface area contributed by atoms with Crippen LogP contribution in [-0.4, -0.2) is 19.5 Å².